The van der Waals surface area contributed by atoms with Gasteiger partial charge in [0.2, 0.25) is 0 Å². The predicted octanol–water partition coefficient (Wildman–Crippen LogP) is 6.84. The molecule has 4 nitrogen and oxygen atoms in total. The molecule has 2 rings (SSSR count). The zero-order valence-corrected chi connectivity index (χ0v) is 20.5. The fourth-order valence-electron chi connectivity index (χ4n) is 3.98. The molecule has 4 heteroatoms. The number of hydrogen-bond acceptors (Lipinski definition) is 3. The highest BCUT2D eigenvalue weighted by Gasteiger charge is 2.41. The van der Waals surface area contributed by atoms with E-state index in [2.05, 4.69) is 26.0 Å². The van der Waals surface area contributed by atoms with Crippen LogP contribution in [0.25, 0.3) is 0 Å². The van der Waals surface area contributed by atoms with E-state index in [4.69, 9.17) is 4.74 Å². The maximum Gasteiger partial charge on any atom is 0.310 e. The van der Waals surface area contributed by atoms with Crippen LogP contribution in [0.15, 0.2) is 54.6 Å². The molecule has 0 aliphatic heterocycles. The number of carbonyl (C=O) groups is 2. The molecule has 2 aromatic carbocycles. The Hall–Kier alpha value is -2.62. The molecule has 0 amide bonds. The molecule has 0 aliphatic rings. The topological polar surface area (TPSA) is 63.6 Å². The first kappa shape index (κ1) is 27.4. The molecule has 32 heavy (non-hydrogen) atoms. The van der Waals surface area contributed by atoms with Gasteiger partial charge in [-0.05, 0) is 35.4 Å². The normalized spacial score (nSPS) is 14.3. The van der Waals surface area contributed by atoms with Crippen LogP contribution in [0.2, 0.25) is 0 Å². The lowest BCUT2D eigenvalue weighted by molar-refractivity contribution is -0.158. The van der Waals surface area contributed by atoms with E-state index >= 15 is 0 Å². The van der Waals surface area contributed by atoms with Gasteiger partial charge in [-0.1, -0.05) is 103 Å². The van der Waals surface area contributed by atoms with Gasteiger partial charge in [0.05, 0.1) is 18.4 Å². The van der Waals surface area contributed by atoms with E-state index < -0.39 is 23.8 Å². The summed E-state index contributed by atoms with van der Waals surface area (Å²) in [6.07, 6.45) is 2.60. The first-order valence-corrected chi connectivity index (χ1v) is 11.9. The van der Waals surface area contributed by atoms with Crippen molar-refractivity contribution in [3.05, 3.63) is 71.3 Å². The number of rotatable bonds is 11. The number of ether oxygens (including phenoxy) is 1. The van der Waals surface area contributed by atoms with Crippen LogP contribution >= 0.6 is 0 Å². The molecule has 4 atom stereocenters. The summed E-state index contributed by atoms with van der Waals surface area (Å²) in [6.45, 7) is 12.1. The molecule has 176 valence electrons. The van der Waals surface area contributed by atoms with Gasteiger partial charge in [0, 0.05) is 5.92 Å². The maximum absolute atomic E-state index is 13.2. The zero-order valence-electron chi connectivity index (χ0n) is 20.5. The highest BCUT2D eigenvalue weighted by Crippen LogP contribution is 2.42. The van der Waals surface area contributed by atoms with Gasteiger partial charge in [0.25, 0.3) is 0 Å². The Balaban J connectivity index is 0.00000249. The monoisotopic (exact) mass is 440 g/mol. The van der Waals surface area contributed by atoms with E-state index in [9.17, 15) is 14.7 Å². The van der Waals surface area contributed by atoms with E-state index in [-0.39, 0.29) is 11.8 Å². The van der Waals surface area contributed by atoms with Crippen molar-refractivity contribution in [2.24, 2.45) is 11.8 Å². The molecule has 0 bridgehead atoms. The molecule has 2 aromatic rings. The number of aliphatic carboxylic acids is 1. The van der Waals surface area contributed by atoms with Crippen molar-refractivity contribution >= 4 is 11.9 Å². The third kappa shape index (κ3) is 7.51. The molecular formula is C28H40O4. The summed E-state index contributed by atoms with van der Waals surface area (Å²) < 4.78 is 5.55. The predicted molar refractivity (Wildman–Crippen MR) is 131 cm³/mol. The maximum atomic E-state index is 13.2. The molecule has 0 saturated heterocycles. The summed E-state index contributed by atoms with van der Waals surface area (Å²) in [5.74, 6) is -3.40. The third-order valence-corrected chi connectivity index (χ3v) is 5.97. The lowest BCUT2D eigenvalue weighted by atomic mass is 9.70. The number of carboxylic acids is 1. The highest BCUT2D eigenvalue weighted by atomic mass is 16.5. The van der Waals surface area contributed by atoms with Crippen LogP contribution in [-0.4, -0.2) is 23.7 Å². The number of carboxylic acid groups (broad SMARTS) is 1. The molecule has 0 fully saturated rings. The average molecular weight is 441 g/mol. The first-order chi connectivity index (χ1) is 15.4. The number of aryl methyl sites for hydroxylation is 1. The molecule has 1 N–H and O–H groups in total. The minimum atomic E-state index is -0.983. The number of benzene rings is 2. The lowest BCUT2D eigenvalue weighted by Crippen LogP contribution is -2.36. The zero-order chi connectivity index (χ0) is 24.1. The van der Waals surface area contributed by atoms with Crippen molar-refractivity contribution in [3.63, 3.8) is 0 Å². The standard InChI is InChI=1S/C26H34O4.C2H6/c1-5-7-17-30-26(29)24(19(4)25(27)28)23(18(3)21-11-9-8-10-12-21)22-15-13-20(6-2)14-16-22;1-2/h8-16,18-19,23-24H,5-7,17H2,1-4H3,(H,27,28);1-2H3. The van der Waals surface area contributed by atoms with Gasteiger partial charge < -0.3 is 9.84 Å². The summed E-state index contributed by atoms with van der Waals surface area (Å²) in [6, 6.07) is 18.1. The highest BCUT2D eigenvalue weighted by molar-refractivity contribution is 5.82. The van der Waals surface area contributed by atoms with Crippen molar-refractivity contribution in [3.8, 4) is 0 Å². The summed E-state index contributed by atoms with van der Waals surface area (Å²) in [7, 11) is 0. The number of unbranched alkanes of at least 4 members (excludes halogenated alkanes) is 1. The Morgan fingerprint density at radius 2 is 1.50 bits per heavy atom. The Morgan fingerprint density at radius 1 is 0.906 bits per heavy atom. The summed E-state index contributed by atoms with van der Waals surface area (Å²) in [5.41, 5.74) is 3.25. The second kappa shape index (κ2) is 14.4. The van der Waals surface area contributed by atoms with E-state index in [0.717, 1.165) is 30.4 Å². The van der Waals surface area contributed by atoms with Crippen molar-refractivity contribution in [1.29, 1.82) is 0 Å². The van der Waals surface area contributed by atoms with Gasteiger partial charge in [0.15, 0.2) is 0 Å². The Kier molecular flexibility index (Phi) is 12.4. The van der Waals surface area contributed by atoms with Gasteiger partial charge in [-0.15, -0.1) is 0 Å². The fourth-order valence-corrected chi connectivity index (χ4v) is 3.98. The second-order valence-corrected chi connectivity index (χ2v) is 7.99. The van der Waals surface area contributed by atoms with E-state index in [0.29, 0.717) is 6.61 Å². The minimum Gasteiger partial charge on any atom is -0.481 e. The molecule has 0 heterocycles. The second-order valence-electron chi connectivity index (χ2n) is 7.99. The van der Waals surface area contributed by atoms with Crippen molar-refractivity contribution < 1.29 is 19.4 Å². The van der Waals surface area contributed by atoms with Crippen LogP contribution in [0.4, 0.5) is 0 Å². The van der Waals surface area contributed by atoms with Crippen LogP contribution in [0, 0.1) is 11.8 Å². The quantitative estimate of drug-likeness (QED) is 0.307. The molecule has 0 radical (unpaired) electrons. The van der Waals surface area contributed by atoms with Crippen LogP contribution < -0.4 is 0 Å². The Morgan fingerprint density at radius 3 is 2.00 bits per heavy atom. The van der Waals surface area contributed by atoms with Gasteiger partial charge in [-0.25, -0.2) is 0 Å². The van der Waals surface area contributed by atoms with Gasteiger partial charge >= 0.3 is 11.9 Å². The van der Waals surface area contributed by atoms with E-state index in [1.165, 1.54) is 5.56 Å². The molecular weight excluding hydrogens is 400 g/mol. The summed E-state index contributed by atoms with van der Waals surface area (Å²) in [4.78, 5) is 25.1. The average Bonchev–Trinajstić information content (AvgIpc) is 2.83. The molecule has 0 saturated carbocycles. The molecule has 0 aliphatic carbocycles. The van der Waals surface area contributed by atoms with Crippen molar-refractivity contribution in [1.82, 2.24) is 0 Å². The summed E-state index contributed by atoms with van der Waals surface area (Å²) in [5, 5.41) is 9.80. The van der Waals surface area contributed by atoms with Gasteiger partial charge in [0.1, 0.15) is 0 Å². The first-order valence-electron chi connectivity index (χ1n) is 11.9. The van der Waals surface area contributed by atoms with E-state index in [1.54, 1.807) is 6.92 Å². The molecule has 0 spiro atoms. The lowest BCUT2D eigenvalue weighted by Gasteiger charge is -2.33. The number of esters is 1. The Labute approximate surface area is 194 Å². The van der Waals surface area contributed by atoms with Crippen molar-refractivity contribution in [2.45, 2.75) is 72.6 Å². The van der Waals surface area contributed by atoms with Gasteiger partial charge in [-0.2, -0.15) is 0 Å². The van der Waals surface area contributed by atoms with Crippen LogP contribution in [0.1, 0.15) is 82.9 Å². The Bertz CT molecular complexity index is 798. The van der Waals surface area contributed by atoms with Crippen LogP contribution in [0.3, 0.4) is 0 Å². The van der Waals surface area contributed by atoms with E-state index in [1.807, 2.05) is 63.2 Å². The summed E-state index contributed by atoms with van der Waals surface area (Å²) >= 11 is 0. The van der Waals surface area contributed by atoms with Crippen LogP contribution in [0.5, 0.6) is 0 Å². The smallest absolute Gasteiger partial charge is 0.310 e. The largest absolute Gasteiger partial charge is 0.481 e. The van der Waals surface area contributed by atoms with Gasteiger partial charge in [-0.3, -0.25) is 9.59 Å². The van der Waals surface area contributed by atoms with Crippen LogP contribution in [-0.2, 0) is 20.7 Å². The fraction of sp³-hybridized carbons (Fsp3) is 0.500. The minimum absolute atomic E-state index is 0.0517. The molecule has 0 aromatic heterocycles. The molecule has 4 unspecified atom stereocenters. The van der Waals surface area contributed by atoms with Crippen molar-refractivity contribution in [2.75, 3.05) is 6.61 Å². The number of carbonyl (C=O) groups excluding carboxylic acids is 1. The third-order valence-electron chi connectivity index (χ3n) is 5.97. The SMILES string of the molecule is CC.CCCCOC(=O)C(C(C)C(=O)O)C(c1ccc(CC)cc1)C(C)c1ccccc1. The number of hydrogen-bond donors (Lipinski definition) is 1.